The number of esters is 1. The van der Waals surface area contributed by atoms with Gasteiger partial charge in [-0.1, -0.05) is 163 Å². The van der Waals surface area contributed by atoms with Crippen molar-refractivity contribution in [1.82, 2.24) is 19.5 Å². The van der Waals surface area contributed by atoms with Crippen molar-refractivity contribution in [2.45, 2.75) is 114 Å². The van der Waals surface area contributed by atoms with E-state index in [1.54, 1.807) is 11.4 Å². The normalized spacial score (nSPS) is 18.6. The summed E-state index contributed by atoms with van der Waals surface area (Å²) in [6.45, 7) is 7.37. The van der Waals surface area contributed by atoms with Gasteiger partial charge in [0, 0.05) is 30.9 Å². The molecule has 21 heteroatoms. The van der Waals surface area contributed by atoms with Crippen LogP contribution in [0.4, 0.5) is 9.93 Å². The van der Waals surface area contributed by atoms with E-state index in [1.165, 1.54) is 18.3 Å². The second-order valence-electron chi connectivity index (χ2n) is 22.5. The summed E-state index contributed by atoms with van der Waals surface area (Å²) < 4.78 is 52.6. The topological polar surface area (TPSA) is 254 Å². The molecule has 1 aliphatic carbocycles. The summed E-state index contributed by atoms with van der Waals surface area (Å²) in [4.78, 5) is 73.3. The fourth-order valence-electron chi connectivity index (χ4n) is 11.1. The average molecular weight is 1200 g/mol. The molecule has 0 bridgehead atoms. The molecule has 3 heterocycles. The van der Waals surface area contributed by atoms with Crippen LogP contribution in [-0.2, 0) is 57.6 Å². The maximum atomic E-state index is 14.8. The first-order valence-electron chi connectivity index (χ1n) is 28.4. The van der Waals surface area contributed by atoms with Crippen LogP contribution in [0.5, 0.6) is 5.75 Å². The number of guanidine groups is 1. The number of Topliss-reactive ketones (excluding diaryl/α,β-unsaturated/α-hetero) is 1. The number of nitrogens with one attached hydrogen (secondary N) is 2. The van der Waals surface area contributed by atoms with Gasteiger partial charge in [-0.15, -0.1) is 11.3 Å². The van der Waals surface area contributed by atoms with Crippen LogP contribution in [0.2, 0.25) is 0 Å². The molecule has 3 atom stereocenters. The Balaban J connectivity index is 0.943. The molecule has 1 aromatic heterocycles. The van der Waals surface area contributed by atoms with Crippen LogP contribution >= 0.6 is 11.3 Å². The zero-order valence-corrected chi connectivity index (χ0v) is 49.7. The first-order valence-corrected chi connectivity index (χ1v) is 30.7. The standard InChI is InChI=1S/C65H68N8O11S2/c1-42-53(59(75)73(42)86(78,79)80)37-55(74)57(54-41-85-62(69-54)70-65(47-24-14-7-15-25-47,48-26-16-8-17-27-48)49-28-18-9-19-29-49)71-84-56(60(76)82-58(43-20-10-5-11-21-43)44-22-12-6-13-23-44)40-81-52-35-30-45-38-72(39-46(45)36-52)61(66)67-50-31-33-51(34-32-50)68-63(77)83-64(2,3)4/h5-30,35-36,41-42,50-51,53,56,58H,31-34,37-40H2,1-4H3,(H2,66,67)(H,68,77)(H,69,70)(H,78,79,80)/b71-57-/t42-,50?,51?,53-,56-/m0/s1. The largest absolute Gasteiger partial charge is 0.489 e. The van der Waals surface area contributed by atoms with Gasteiger partial charge in [-0.2, -0.15) is 8.42 Å². The number of amides is 2. The first kappa shape index (κ1) is 60.2. The quantitative estimate of drug-likeness (QED) is 0.00993. The third kappa shape index (κ3) is 14.1. The van der Waals surface area contributed by atoms with Crippen LogP contribution in [0.3, 0.4) is 0 Å². The van der Waals surface area contributed by atoms with E-state index in [2.05, 4.69) is 15.8 Å². The summed E-state index contributed by atoms with van der Waals surface area (Å²) in [5.74, 6) is -3.02. The zero-order chi connectivity index (χ0) is 60.6. The number of anilines is 1. The number of rotatable bonds is 21. The molecule has 10 rings (SSSR count). The molecule has 2 fully saturated rings. The Bertz CT molecular complexity index is 3560. The van der Waals surface area contributed by atoms with Gasteiger partial charge in [0.25, 0.3) is 6.10 Å². The number of ketones is 1. The van der Waals surface area contributed by atoms with Crippen LogP contribution in [0.1, 0.15) is 111 Å². The van der Waals surface area contributed by atoms with E-state index >= 15 is 0 Å². The lowest BCUT2D eigenvalue weighted by Gasteiger charge is -2.41. The minimum Gasteiger partial charge on any atom is -0.489 e. The summed E-state index contributed by atoms with van der Waals surface area (Å²) in [5.41, 5.74) is 10.6. The lowest BCUT2D eigenvalue weighted by Crippen LogP contribution is -2.62. The van der Waals surface area contributed by atoms with Crippen molar-refractivity contribution in [3.63, 3.8) is 0 Å². The summed E-state index contributed by atoms with van der Waals surface area (Å²) in [5, 5.41) is 13.0. The molecular weight excluding hydrogens is 1130 g/mol. The Hall–Kier alpha value is -8.92. The van der Waals surface area contributed by atoms with Crippen LogP contribution in [0.25, 0.3) is 0 Å². The molecule has 19 nitrogen and oxygen atoms in total. The first-order chi connectivity index (χ1) is 41.3. The fraction of sp³-hybridized carbons (Fsp3) is 0.308. The number of alkyl carbamates (subject to hydrolysis) is 1. The van der Waals surface area contributed by atoms with Gasteiger partial charge >= 0.3 is 22.4 Å². The Morgan fingerprint density at radius 3 is 1.86 bits per heavy atom. The molecule has 2 amide bonds. The Morgan fingerprint density at radius 1 is 0.779 bits per heavy atom. The third-order valence-corrected chi connectivity index (χ3v) is 17.2. The SMILES string of the molecule is C[C@H]1[C@H](CC(=O)/C(=N\O[C@@H](COc2ccc3c(c2)CN(C(N)=NC2CCC(NC(=O)OC(C)(C)C)CC2)C3)C(=O)OC(c2ccccc2)c2ccccc2)c2csc(NC(c3ccccc3)(c3ccccc3)c3ccccc3)n2)C(=O)N1S(=O)(=O)O. The van der Waals surface area contributed by atoms with Crippen LogP contribution in [0.15, 0.2) is 185 Å². The predicted octanol–water partition coefficient (Wildman–Crippen LogP) is 10.1. The van der Waals surface area contributed by atoms with Crippen LogP contribution in [0, 0.1) is 5.92 Å². The van der Waals surface area contributed by atoms with Crippen molar-refractivity contribution in [3.05, 3.63) is 220 Å². The maximum Gasteiger partial charge on any atom is 0.407 e. The molecule has 0 radical (unpaired) electrons. The van der Waals surface area contributed by atoms with E-state index in [0.717, 1.165) is 53.5 Å². The van der Waals surface area contributed by atoms with Gasteiger partial charge in [-0.3, -0.25) is 14.1 Å². The third-order valence-electron chi connectivity index (χ3n) is 15.4. The molecule has 5 N–H and O–H groups in total. The molecule has 3 aliphatic rings. The fourth-order valence-corrected chi connectivity index (χ4v) is 12.8. The van der Waals surface area contributed by atoms with Gasteiger partial charge in [-0.05, 0) is 104 Å². The number of oxime groups is 1. The van der Waals surface area contributed by atoms with Crippen molar-refractivity contribution in [3.8, 4) is 5.75 Å². The number of carbonyl (C=O) groups is 4. The number of hydrogen-bond acceptors (Lipinski definition) is 15. The summed E-state index contributed by atoms with van der Waals surface area (Å²) in [7, 11) is -4.92. The van der Waals surface area contributed by atoms with Gasteiger partial charge in [-0.25, -0.2) is 23.9 Å². The second kappa shape index (κ2) is 26.1. The molecule has 6 aromatic carbocycles. The van der Waals surface area contributed by atoms with Gasteiger partial charge in [0.05, 0.1) is 18.0 Å². The Labute approximate surface area is 504 Å². The smallest absolute Gasteiger partial charge is 0.407 e. The monoisotopic (exact) mass is 1200 g/mol. The molecule has 86 heavy (non-hydrogen) atoms. The highest BCUT2D eigenvalue weighted by molar-refractivity contribution is 7.84. The summed E-state index contributed by atoms with van der Waals surface area (Å²) >= 11 is 1.17. The van der Waals surface area contributed by atoms with E-state index in [4.69, 9.17) is 34.8 Å². The van der Waals surface area contributed by atoms with E-state index in [-0.39, 0.29) is 23.5 Å². The zero-order valence-electron chi connectivity index (χ0n) is 48.0. The number of benzene rings is 6. The van der Waals surface area contributed by atoms with Gasteiger partial charge in [0.15, 0.2) is 28.7 Å². The van der Waals surface area contributed by atoms with E-state index in [1.807, 2.05) is 189 Å². The molecule has 1 saturated heterocycles. The number of hydrogen-bond donors (Lipinski definition) is 4. The van der Waals surface area contributed by atoms with Crippen molar-refractivity contribution >= 4 is 62.2 Å². The predicted molar refractivity (Wildman–Crippen MR) is 326 cm³/mol. The van der Waals surface area contributed by atoms with E-state index < -0.39 is 82.4 Å². The van der Waals surface area contributed by atoms with E-state index in [0.29, 0.717) is 45.4 Å². The Kier molecular flexibility index (Phi) is 18.3. The van der Waals surface area contributed by atoms with Crippen molar-refractivity contribution in [2.24, 2.45) is 21.8 Å². The second-order valence-corrected chi connectivity index (χ2v) is 24.7. The van der Waals surface area contributed by atoms with Gasteiger partial charge in [0.2, 0.25) is 5.91 Å². The average Bonchev–Trinajstić information content (AvgIpc) is 1.03. The number of fused-ring (bicyclic) bond motifs is 1. The number of carbonyl (C=O) groups excluding carboxylic acids is 4. The number of aromatic nitrogens is 1. The molecular formula is C65H68N8O11S2. The highest BCUT2D eigenvalue weighted by atomic mass is 32.2. The highest BCUT2D eigenvalue weighted by Crippen LogP contribution is 2.41. The number of thiazole rings is 1. The van der Waals surface area contributed by atoms with Gasteiger partial charge in [0.1, 0.15) is 29.2 Å². The molecule has 0 unspecified atom stereocenters. The number of ether oxygens (including phenoxy) is 3. The lowest BCUT2D eigenvalue weighted by atomic mass is 9.77. The number of aliphatic imine (C=N–C) groups is 1. The molecule has 1 saturated carbocycles. The minimum atomic E-state index is -4.92. The highest BCUT2D eigenvalue weighted by Gasteiger charge is 2.51. The van der Waals surface area contributed by atoms with Gasteiger partial charge < -0.3 is 40.3 Å². The van der Waals surface area contributed by atoms with Crippen molar-refractivity contribution < 1.29 is 51.2 Å². The molecule has 0 spiro atoms. The minimum absolute atomic E-state index is 0.0107. The molecule has 7 aromatic rings. The number of nitrogens with zero attached hydrogens (tertiary/aromatic N) is 5. The van der Waals surface area contributed by atoms with Crippen molar-refractivity contribution in [2.75, 3.05) is 11.9 Å². The van der Waals surface area contributed by atoms with Crippen molar-refractivity contribution in [1.29, 1.82) is 0 Å². The van der Waals surface area contributed by atoms with Crippen LogP contribution < -0.4 is 21.1 Å². The maximum absolute atomic E-state index is 14.8. The number of nitrogens with two attached hydrogens (primary N) is 1. The lowest BCUT2D eigenvalue weighted by molar-refractivity contribution is -0.163. The summed E-state index contributed by atoms with van der Waals surface area (Å²) in [6.07, 6.45) is -0.550. The number of β-lactam (4-membered cyclic amide) rings is 1. The molecule has 446 valence electrons. The Morgan fingerprint density at radius 2 is 1.33 bits per heavy atom. The molecule has 2 aliphatic heterocycles. The summed E-state index contributed by atoms with van der Waals surface area (Å²) in [6, 6.07) is 52.3. The van der Waals surface area contributed by atoms with E-state index in [9.17, 15) is 32.1 Å². The van der Waals surface area contributed by atoms with Crippen LogP contribution in [-0.4, -0.2) is 99.0 Å².